The number of anilines is 4. The summed E-state index contributed by atoms with van der Waals surface area (Å²) >= 11 is 0. The number of rotatable bonds is 12. The summed E-state index contributed by atoms with van der Waals surface area (Å²) in [7, 11) is 0. The number of hydrogen-bond donors (Lipinski definition) is 4. The molecule has 5 heteroatoms. The second kappa shape index (κ2) is 18.9. The SMILES string of the molecule is C=C/C=C\C(N)c1nc(Nc2ccccc2C)c(Nc2ccccc2-c2ccccc2)c(C(=N)/C=C\C)c1/C=C/C=C\C.c1ccccc1. The summed E-state index contributed by atoms with van der Waals surface area (Å²) in [6.07, 6.45) is 16.9. The summed E-state index contributed by atoms with van der Waals surface area (Å²) in [5.41, 5.74) is 14.8. The van der Waals surface area contributed by atoms with Crippen LogP contribution in [0.5, 0.6) is 0 Å². The zero-order valence-corrected chi connectivity index (χ0v) is 28.5. The molecule has 1 heterocycles. The Bertz CT molecular complexity index is 1910. The van der Waals surface area contributed by atoms with E-state index in [4.69, 9.17) is 10.7 Å². The molecule has 5 aromatic rings. The standard InChI is InChI=1S/C38H39N5.C6H6/c1-5-8-11-23-30-35(31(39)18-7-3)37(41-34-26-17-15-22-29(34)28-20-12-10-13-21-28)38(42-33-25-16-14-19-27(33)4)43-36(30)32(40)24-9-6-2;1-2-4-6-5-3-1/h5-26,32,39,41H,2,40H2,1,3-4H3,(H,42,43);1-6H/b8-5-,18-7-,23-11+,24-9-,39-31?;. The van der Waals surface area contributed by atoms with Crippen LogP contribution in [0.1, 0.15) is 42.3 Å². The number of nitrogens with two attached hydrogens (primary N) is 1. The molecule has 5 rings (SSSR count). The molecule has 0 radical (unpaired) electrons. The zero-order valence-electron chi connectivity index (χ0n) is 28.5. The Hall–Kier alpha value is -6.04. The number of aromatic nitrogens is 1. The first-order valence-electron chi connectivity index (χ1n) is 16.4. The van der Waals surface area contributed by atoms with Crippen molar-refractivity contribution in [1.82, 2.24) is 4.98 Å². The van der Waals surface area contributed by atoms with Gasteiger partial charge in [0.25, 0.3) is 0 Å². The van der Waals surface area contributed by atoms with Crippen molar-refractivity contribution < 1.29 is 0 Å². The fraction of sp³-hybridized carbons (Fsp3) is 0.0909. The molecular formula is C44H45N5. The Morgan fingerprint density at radius 2 is 1.37 bits per heavy atom. The molecule has 0 fully saturated rings. The number of aryl methyl sites for hydroxylation is 1. The van der Waals surface area contributed by atoms with E-state index in [1.807, 2.05) is 147 Å². The van der Waals surface area contributed by atoms with E-state index in [9.17, 15) is 5.41 Å². The Labute approximate surface area is 291 Å². The van der Waals surface area contributed by atoms with Crippen LogP contribution < -0.4 is 16.4 Å². The predicted octanol–water partition coefficient (Wildman–Crippen LogP) is 11.5. The average Bonchev–Trinajstić information content (AvgIpc) is 3.14. The molecular weight excluding hydrogens is 599 g/mol. The predicted molar refractivity (Wildman–Crippen MR) is 212 cm³/mol. The lowest BCUT2D eigenvalue weighted by molar-refractivity contribution is 0.860. The molecule has 1 aromatic heterocycles. The van der Waals surface area contributed by atoms with Gasteiger partial charge in [-0.15, -0.1) is 0 Å². The smallest absolute Gasteiger partial charge is 0.155 e. The van der Waals surface area contributed by atoms with Crippen LogP contribution in [0.2, 0.25) is 0 Å². The van der Waals surface area contributed by atoms with Crippen molar-refractivity contribution in [2.24, 2.45) is 5.73 Å². The maximum absolute atomic E-state index is 9.26. The number of pyridine rings is 1. The summed E-state index contributed by atoms with van der Waals surface area (Å²) < 4.78 is 0. The molecule has 0 saturated heterocycles. The third kappa shape index (κ3) is 9.97. The molecule has 0 amide bonds. The van der Waals surface area contributed by atoms with Gasteiger partial charge in [-0.3, -0.25) is 0 Å². The Kier molecular flexibility index (Phi) is 13.8. The number of allylic oxidation sites excluding steroid dienone is 7. The fourth-order valence-corrected chi connectivity index (χ4v) is 5.16. The number of nitrogens with zero attached hydrogens (tertiary/aromatic N) is 1. The van der Waals surface area contributed by atoms with Crippen LogP contribution >= 0.6 is 0 Å². The van der Waals surface area contributed by atoms with Gasteiger partial charge < -0.3 is 21.8 Å². The van der Waals surface area contributed by atoms with E-state index in [1.54, 1.807) is 12.2 Å². The minimum Gasteiger partial charge on any atom is -0.351 e. The van der Waals surface area contributed by atoms with Crippen LogP contribution in [0.4, 0.5) is 22.9 Å². The van der Waals surface area contributed by atoms with Crippen LogP contribution in [0, 0.1) is 12.3 Å². The first-order valence-corrected chi connectivity index (χ1v) is 16.4. The molecule has 1 atom stereocenters. The first kappa shape index (κ1) is 35.8. The van der Waals surface area contributed by atoms with Crippen molar-refractivity contribution in [1.29, 1.82) is 5.41 Å². The molecule has 0 aliphatic heterocycles. The molecule has 5 N–H and O–H groups in total. The van der Waals surface area contributed by atoms with E-state index in [0.717, 1.165) is 33.6 Å². The highest BCUT2D eigenvalue weighted by atomic mass is 15.1. The lowest BCUT2D eigenvalue weighted by Crippen LogP contribution is -2.18. The second-order valence-corrected chi connectivity index (χ2v) is 11.1. The first-order chi connectivity index (χ1) is 24.0. The van der Waals surface area contributed by atoms with Gasteiger partial charge >= 0.3 is 0 Å². The van der Waals surface area contributed by atoms with Gasteiger partial charge in [0.05, 0.1) is 23.1 Å². The zero-order chi connectivity index (χ0) is 34.8. The summed E-state index contributed by atoms with van der Waals surface area (Å²) in [5, 5.41) is 16.5. The largest absolute Gasteiger partial charge is 0.351 e. The molecule has 0 saturated carbocycles. The normalized spacial score (nSPS) is 11.8. The van der Waals surface area contributed by atoms with Gasteiger partial charge in [-0.1, -0.05) is 158 Å². The van der Waals surface area contributed by atoms with E-state index in [0.29, 0.717) is 28.5 Å². The summed E-state index contributed by atoms with van der Waals surface area (Å²) in [6.45, 7) is 9.73. The van der Waals surface area contributed by atoms with E-state index >= 15 is 0 Å². The van der Waals surface area contributed by atoms with Crippen molar-refractivity contribution in [2.75, 3.05) is 10.6 Å². The van der Waals surface area contributed by atoms with E-state index < -0.39 is 6.04 Å². The fourth-order valence-electron chi connectivity index (χ4n) is 5.16. The molecule has 1 unspecified atom stereocenters. The molecule has 0 aliphatic rings. The van der Waals surface area contributed by atoms with Crippen LogP contribution in [-0.2, 0) is 0 Å². The Morgan fingerprint density at radius 3 is 2.00 bits per heavy atom. The number of para-hydroxylation sites is 2. The summed E-state index contributed by atoms with van der Waals surface area (Å²) in [6, 6.07) is 38.0. The van der Waals surface area contributed by atoms with Crippen molar-refractivity contribution in [3.8, 4) is 11.1 Å². The van der Waals surface area contributed by atoms with Crippen LogP contribution in [0.15, 0.2) is 170 Å². The van der Waals surface area contributed by atoms with Gasteiger partial charge in [0, 0.05) is 28.1 Å². The minimum atomic E-state index is -0.538. The van der Waals surface area contributed by atoms with Gasteiger partial charge in [0.1, 0.15) is 0 Å². The number of hydrogen-bond acceptors (Lipinski definition) is 5. The van der Waals surface area contributed by atoms with Gasteiger partial charge in [-0.05, 0) is 50.1 Å². The minimum absolute atomic E-state index is 0.332. The quantitative estimate of drug-likeness (QED) is 0.0805. The van der Waals surface area contributed by atoms with Crippen molar-refractivity contribution in [3.05, 3.63) is 193 Å². The second-order valence-electron chi connectivity index (χ2n) is 11.1. The molecule has 4 aromatic carbocycles. The molecule has 49 heavy (non-hydrogen) atoms. The molecule has 0 bridgehead atoms. The topological polar surface area (TPSA) is 86.8 Å². The maximum atomic E-state index is 9.26. The van der Waals surface area contributed by atoms with Gasteiger partial charge in [-0.2, -0.15) is 0 Å². The van der Waals surface area contributed by atoms with Gasteiger partial charge in [-0.25, -0.2) is 4.98 Å². The molecule has 246 valence electrons. The van der Waals surface area contributed by atoms with Crippen LogP contribution in [0.3, 0.4) is 0 Å². The third-order valence-corrected chi connectivity index (χ3v) is 7.54. The number of nitrogens with one attached hydrogen (secondary N) is 3. The average molecular weight is 644 g/mol. The number of benzene rings is 4. The maximum Gasteiger partial charge on any atom is 0.155 e. The summed E-state index contributed by atoms with van der Waals surface area (Å²) in [4.78, 5) is 5.16. The lowest BCUT2D eigenvalue weighted by Gasteiger charge is -2.24. The Morgan fingerprint density at radius 1 is 0.755 bits per heavy atom. The highest BCUT2D eigenvalue weighted by Crippen LogP contribution is 2.39. The highest BCUT2D eigenvalue weighted by molar-refractivity contribution is 6.15. The molecule has 0 spiro atoms. The monoisotopic (exact) mass is 643 g/mol. The van der Waals surface area contributed by atoms with Crippen LogP contribution in [-0.4, -0.2) is 10.7 Å². The Balaban J connectivity index is 0.000000812. The highest BCUT2D eigenvalue weighted by Gasteiger charge is 2.24. The lowest BCUT2D eigenvalue weighted by atomic mass is 9.94. The molecule has 0 aliphatic carbocycles. The van der Waals surface area contributed by atoms with E-state index in [-0.39, 0.29) is 0 Å². The third-order valence-electron chi connectivity index (χ3n) is 7.54. The van der Waals surface area contributed by atoms with Gasteiger partial charge in [0.2, 0.25) is 0 Å². The summed E-state index contributed by atoms with van der Waals surface area (Å²) in [5.74, 6) is 0.571. The van der Waals surface area contributed by atoms with E-state index in [1.165, 1.54) is 0 Å². The van der Waals surface area contributed by atoms with Crippen LogP contribution in [0.25, 0.3) is 17.2 Å². The molecule has 5 nitrogen and oxygen atoms in total. The van der Waals surface area contributed by atoms with E-state index in [2.05, 4.69) is 48.4 Å². The van der Waals surface area contributed by atoms with Crippen molar-refractivity contribution >= 4 is 34.7 Å². The van der Waals surface area contributed by atoms with Crippen molar-refractivity contribution in [2.45, 2.75) is 26.8 Å². The van der Waals surface area contributed by atoms with Crippen molar-refractivity contribution in [3.63, 3.8) is 0 Å². The van der Waals surface area contributed by atoms with Gasteiger partial charge in [0.15, 0.2) is 5.82 Å².